The summed E-state index contributed by atoms with van der Waals surface area (Å²) in [4.78, 5) is 24.6. The molecular weight excluding hydrogens is 292 g/mol. The molecule has 0 aliphatic carbocycles. The number of carbonyl (C=O) groups excluding carboxylic acids is 1. The second kappa shape index (κ2) is 5.56. The number of nitrogens with zero attached hydrogens (tertiary/aromatic N) is 1. The minimum atomic E-state index is -1.01. The molecule has 2 atom stereocenters. The highest BCUT2D eigenvalue weighted by molar-refractivity contribution is 6.33. The Morgan fingerprint density at radius 3 is 2.90 bits per heavy atom. The van der Waals surface area contributed by atoms with Gasteiger partial charge in [-0.15, -0.1) is 0 Å². The predicted octanol–water partition coefficient (Wildman–Crippen LogP) is 2.14. The number of nitrogens with one attached hydrogen (secondary N) is 1. The first kappa shape index (κ1) is 14.2. The molecule has 0 spiro atoms. The van der Waals surface area contributed by atoms with E-state index in [0.717, 1.165) is 31.6 Å². The number of rotatable bonds is 2. The van der Waals surface area contributed by atoms with Crippen molar-refractivity contribution >= 4 is 29.2 Å². The molecule has 112 valence electrons. The second-order valence-corrected chi connectivity index (χ2v) is 6.08. The average Bonchev–Trinajstić information content (AvgIpc) is 2.46. The maximum atomic E-state index is 11.4. The van der Waals surface area contributed by atoms with Crippen molar-refractivity contribution in [1.29, 1.82) is 0 Å². The van der Waals surface area contributed by atoms with E-state index in [1.807, 2.05) is 0 Å². The molecule has 1 aromatic carbocycles. The van der Waals surface area contributed by atoms with E-state index in [4.69, 9.17) is 16.7 Å². The van der Waals surface area contributed by atoms with Crippen LogP contribution in [0.25, 0.3) is 0 Å². The second-order valence-electron chi connectivity index (χ2n) is 5.68. The van der Waals surface area contributed by atoms with Gasteiger partial charge < -0.3 is 15.3 Å². The van der Waals surface area contributed by atoms with Gasteiger partial charge in [0.25, 0.3) is 0 Å². The lowest BCUT2D eigenvalue weighted by Crippen LogP contribution is -2.54. The van der Waals surface area contributed by atoms with E-state index in [1.165, 1.54) is 0 Å². The lowest BCUT2D eigenvalue weighted by molar-refractivity contribution is -0.124. The van der Waals surface area contributed by atoms with Crippen molar-refractivity contribution in [1.82, 2.24) is 5.32 Å². The lowest BCUT2D eigenvalue weighted by atomic mass is 9.85. The van der Waals surface area contributed by atoms with Crippen molar-refractivity contribution < 1.29 is 14.7 Å². The summed E-state index contributed by atoms with van der Waals surface area (Å²) >= 11 is 6.04. The zero-order valence-corrected chi connectivity index (χ0v) is 12.3. The highest BCUT2D eigenvalue weighted by atomic mass is 35.5. The van der Waals surface area contributed by atoms with Crippen LogP contribution in [0.1, 0.15) is 29.6 Å². The van der Waals surface area contributed by atoms with Gasteiger partial charge in [0.05, 0.1) is 10.6 Å². The van der Waals surface area contributed by atoms with Gasteiger partial charge in [-0.2, -0.15) is 0 Å². The Hall–Kier alpha value is -1.75. The number of piperidine rings is 2. The van der Waals surface area contributed by atoms with Crippen LogP contribution < -0.4 is 10.2 Å². The van der Waals surface area contributed by atoms with Gasteiger partial charge in [0.1, 0.15) is 0 Å². The molecule has 2 fully saturated rings. The van der Waals surface area contributed by atoms with Gasteiger partial charge in [0, 0.05) is 31.2 Å². The van der Waals surface area contributed by atoms with E-state index < -0.39 is 5.97 Å². The number of carbonyl (C=O) groups is 2. The average molecular weight is 309 g/mol. The van der Waals surface area contributed by atoms with Gasteiger partial charge in [-0.05, 0) is 37.0 Å². The molecule has 6 heteroatoms. The van der Waals surface area contributed by atoms with Crippen molar-refractivity contribution in [2.45, 2.75) is 25.3 Å². The predicted molar refractivity (Wildman–Crippen MR) is 79.9 cm³/mol. The molecule has 1 amide bonds. The first-order valence-corrected chi connectivity index (χ1v) is 7.49. The molecule has 21 heavy (non-hydrogen) atoms. The fourth-order valence-electron chi connectivity index (χ4n) is 3.22. The summed E-state index contributed by atoms with van der Waals surface area (Å²) in [5.74, 6) is -0.409. The van der Waals surface area contributed by atoms with Crippen LogP contribution in [0.2, 0.25) is 5.02 Å². The Bertz CT molecular complexity index is 590. The number of anilines is 1. The summed E-state index contributed by atoms with van der Waals surface area (Å²) in [5.41, 5.74) is 1.07. The first-order chi connectivity index (χ1) is 10.0. The van der Waals surface area contributed by atoms with Crippen molar-refractivity contribution in [3.8, 4) is 0 Å². The summed E-state index contributed by atoms with van der Waals surface area (Å²) in [5, 5.41) is 12.3. The maximum absolute atomic E-state index is 11.4. The number of halogens is 1. The Morgan fingerprint density at radius 2 is 2.19 bits per heavy atom. The number of aromatic carboxylic acids is 1. The van der Waals surface area contributed by atoms with E-state index in [9.17, 15) is 9.59 Å². The monoisotopic (exact) mass is 308 g/mol. The van der Waals surface area contributed by atoms with E-state index in [1.54, 1.807) is 18.2 Å². The van der Waals surface area contributed by atoms with Crippen molar-refractivity contribution in [2.24, 2.45) is 5.92 Å². The Labute approximate surface area is 127 Å². The van der Waals surface area contributed by atoms with Crippen molar-refractivity contribution in [3.05, 3.63) is 28.8 Å². The number of hydrogen-bond donors (Lipinski definition) is 2. The van der Waals surface area contributed by atoms with Crippen LogP contribution in [-0.2, 0) is 4.79 Å². The number of carboxylic acid groups (broad SMARTS) is 1. The molecule has 0 aromatic heterocycles. The molecule has 2 heterocycles. The van der Waals surface area contributed by atoms with E-state index in [0.29, 0.717) is 12.3 Å². The van der Waals surface area contributed by atoms with Crippen LogP contribution in [0.3, 0.4) is 0 Å². The Balaban J connectivity index is 1.75. The summed E-state index contributed by atoms with van der Waals surface area (Å²) in [6.45, 7) is 1.71. The molecule has 1 aromatic rings. The lowest BCUT2D eigenvalue weighted by Gasteiger charge is -2.42. The zero-order chi connectivity index (χ0) is 15.0. The first-order valence-electron chi connectivity index (χ1n) is 7.12. The van der Waals surface area contributed by atoms with Crippen LogP contribution in [0, 0.1) is 5.92 Å². The summed E-state index contributed by atoms with van der Waals surface area (Å²) in [7, 11) is 0. The van der Waals surface area contributed by atoms with Gasteiger partial charge >= 0.3 is 5.97 Å². The molecule has 5 nitrogen and oxygen atoms in total. The molecular formula is C15H17ClN2O3. The molecule has 3 rings (SSSR count). The largest absolute Gasteiger partial charge is 0.478 e. The molecule has 2 N–H and O–H groups in total. The molecule has 2 aliphatic heterocycles. The van der Waals surface area contributed by atoms with Gasteiger partial charge in [-0.25, -0.2) is 4.79 Å². The Kier molecular flexibility index (Phi) is 3.76. The van der Waals surface area contributed by atoms with Gasteiger partial charge in [0.2, 0.25) is 5.91 Å². The van der Waals surface area contributed by atoms with Gasteiger partial charge in [0.15, 0.2) is 0 Å². The third kappa shape index (κ3) is 2.83. The summed E-state index contributed by atoms with van der Waals surface area (Å²) < 4.78 is 0. The van der Waals surface area contributed by atoms with Crippen molar-refractivity contribution in [2.75, 3.05) is 18.0 Å². The van der Waals surface area contributed by atoms with Crippen LogP contribution in [0.5, 0.6) is 0 Å². The highest BCUT2D eigenvalue weighted by Crippen LogP contribution is 2.30. The topological polar surface area (TPSA) is 69.6 Å². The Morgan fingerprint density at radius 1 is 1.38 bits per heavy atom. The molecule has 2 aliphatic rings. The van der Waals surface area contributed by atoms with Crippen LogP contribution in [0.15, 0.2) is 18.2 Å². The van der Waals surface area contributed by atoms with Crippen LogP contribution in [-0.4, -0.2) is 36.1 Å². The van der Waals surface area contributed by atoms with Crippen LogP contribution >= 0.6 is 11.6 Å². The zero-order valence-electron chi connectivity index (χ0n) is 11.5. The van der Waals surface area contributed by atoms with Gasteiger partial charge in [-0.3, -0.25) is 4.79 Å². The molecule has 2 unspecified atom stereocenters. The van der Waals surface area contributed by atoms with Gasteiger partial charge in [-0.1, -0.05) is 11.6 Å². The maximum Gasteiger partial charge on any atom is 0.337 e. The minimum Gasteiger partial charge on any atom is -0.478 e. The molecule has 2 saturated heterocycles. The summed E-state index contributed by atoms with van der Waals surface area (Å²) in [6, 6.07) is 5.34. The van der Waals surface area contributed by atoms with Crippen molar-refractivity contribution in [3.63, 3.8) is 0 Å². The van der Waals surface area contributed by atoms with Crippen LogP contribution in [0.4, 0.5) is 5.69 Å². The third-order valence-corrected chi connectivity index (χ3v) is 4.68. The highest BCUT2D eigenvalue weighted by Gasteiger charge is 2.33. The fourth-order valence-corrected chi connectivity index (χ4v) is 3.47. The SMILES string of the molecule is O=C1CCC2CN(c3ccc(C(=O)O)c(Cl)c3)CCC2N1. The number of amides is 1. The third-order valence-electron chi connectivity index (χ3n) is 4.37. The fraction of sp³-hybridized carbons (Fsp3) is 0.467. The standard InChI is InChI=1S/C15H17ClN2O3/c16-12-7-10(2-3-11(12)15(20)21)18-6-5-13-9(8-18)1-4-14(19)17-13/h2-3,7,9,13H,1,4-6,8H2,(H,17,19)(H,20,21). The molecule has 0 bridgehead atoms. The van der Waals surface area contributed by atoms with E-state index in [2.05, 4.69) is 10.2 Å². The molecule has 0 radical (unpaired) electrons. The quantitative estimate of drug-likeness (QED) is 0.878. The molecule has 0 saturated carbocycles. The number of fused-ring (bicyclic) bond motifs is 1. The van der Waals surface area contributed by atoms with E-state index >= 15 is 0 Å². The van der Waals surface area contributed by atoms with E-state index in [-0.39, 0.29) is 22.5 Å². The minimum absolute atomic E-state index is 0.125. The number of carboxylic acids is 1. The normalized spacial score (nSPS) is 25.2. The number of benzene rings is 1. The summed E-state index contributed by atoms with van der Waals surface area (Å²) in [6.07, 6.45) is 2.41. The number of hydrogen-bond acceptors (Lipinski definition) is 3. The smallest absolute Gasteiger partial charge is 0.337 e.